The molecule has 1 aliphatic rings. The molecule has 1 aliphatic heterocycles. The average molecular weight is 306 g/mol. The Kier molecular flexibility index (Phi) is 3.69. The predicted molar refractivity (Wildman–Crippen MR) is 69.9 cm³/mol. The van der Waals surface area contributed by atoms with Crippen LogP contribution in [-0.2, 0) is 4.79 Å². The molecule has 0 saturated carbocycles. The molecule has 7 heteroatoms. The van der Waals surface area contributed by atoms with E-state index in [9.17, 15) is 18.0 Å². The number of nitrogens with zero attached hydrogens (tertiary/aromatic N) is 1. The maximum absolute atomic E-state index is 13.2. The molecule has 0 amide bonds. The molecule has 20 heavy (non-hydrogen) atoms. The SMILES string of the molecule is CCN1c2ccc(Cl)cc2C=C(C(=O)O)[C@H]1C(F)(F)F. The van der Waals surface area contributed by atoms with Crippen molar-refractivity contribution >= 4 is 29.3 Å². The minimum atomic E-state index is -4.67. The molecule has 0 bridgehead atoms. The molecule has 1 N–H and O–H groups in total. The lowest BCUT2D eigenvalue weighted by Gasteiger charge is -2.38. The summed E-state index contributed by atoms with van der Waals surface area (Å²) in [6.45, 7) is 1.57. The second-order valence-corrected chi connectivity index (χ2v) is 4.77. The van der Waals surface area contributed by atoms with Crippen molar-refractivity contribution in [2.75, 3.05) is 11.4 Å². The number of likely N-dealkylation sites (N-methyl/N-ethyl adjacent to an activating group) is 1. The number of hydrogen-bond donors (Lipinski definition) is 1. The fourth-order valence-corrected chi connectivity index (χ4v) is 2.52. The molecule has 0 unspecified atom stereocenters. The van der Waals surface area contributed by atoms with E-state index in [1.807, 2.05) is 0 Å². The first kappa shape index (κ1) is 14.7. The van der Waals surface area contributed by atoms with Crippen LogP contribution in [0.15, 0.2) is 23.8 Å². The van der Waals surface area contributed by atoms with Crippen molar-refractivity contribution in [1.82, 2.24) is 0 Å². The largest absolute Gasteiger partial charge is 0.478 e. The van der Waals surface area contributed by atoms with Crippen LogP contribution in [0.25, 0.3) is 6.08 Å². The summed E-state index contributed by atoms with van der Waals surface area (Å²) in [6, 6.07) is 2.25. The van der Waals surface area contributed by atoms with Crippen molar-refractivity contribution in [1.29, 1.82) is 0 Å². The molecule has 1 heterocycles. The predicted octanol–water partition coefficient (Wildman–Crippen LogP) is 3.58. The van der Waals surface area contributed by atoms with Crippen LogP contribution in [0.4, 0.5) is 18.9 Å². The molecule has 1 atom stereocenters. The number of anilines is 1. The van der Waals surface area contributed by atoms with Crippen molar-refractivity contribution in [2.24, 2.45) is 0 Å². The highest BCUT2D eigenvalue weighted by Gasteiger charge is 2.49. The van der Waals surface area contributed by atoms with E-state index in [1.165, 1.54) is 18.2 Å². The lowest BCUT2D eigenvalue weighted by molar-refractivity contribution is -0.150. The average Bonchev–Trinajstić information content (AvgIpc) is 2.34. The number of fused-ring (bicyclic) bond motifs is 1. The van der Waals surface area contributed by atoms with Gasteiger partial charge in [-0.25, -0.2) is 4.79 Å². The van der Waals surface area contributed by atoms with E-state index in [2.05, 4.69) is 0 Å². The Morgan fingerprint density at radius 1 is 1.45 bits per heavy atom. The number of benzene rings is 1. The van der Waals surface area contributed by atoms with E-state index in [0.29, 0.717) is 16.3 Å². The van der Waals surface area contributed by atoms with Crippen molar-refractivity contribution in [3.05, 3.63) is 34.4 Å². The van der Waals surface area contributed by atoms with Gasteiger partial charge < -0.3 is 10.0 Å². The summed E-state index contributed by atoms with van der Waals surface area (Å²) in [6.07, 6.45) is -3.63. The molecule has 0 radical (unpaired) electrons. The van der Waals surface area contributed by atoms with Gasteiger partial charge in [0.2, 0.25) is 0 Å². The lowest BCUT2D eigenvalue weighted by atomic mass is 9.94. The van der Waals surface area contributed by atoms with Gasteiger partial charge in [-0.15, -0.1) is 0 Å². The summed E-state index contributed by atoms with van der Waals surface area (Å²) < 4.78 is 39.6. The third-order valence-electron chi connectivity index (χ3n) is 3.11. The first-order valence-corrected chi connectivity index (χ1v) is 6.21. The molecule has 0 spiro atoms. The van der Waals surface area contributed by atoms with Crippen LogP contribution < -0.4 is 4.90 Å². The lowest BCUT2D eigenvalue weighted by Crippen LogP contribution is -2.50. The van der Waals surface area contributed by atoms with Crippen LogP contribution in [0.2, 0.25) is 5.02 Å². The zero-order valence-corrected chi connectivity index (χ0v) is 11.2. The normalized spacial score (nSPS) is 18.6. The van der Waals surface area contributed by atoms with Gasteiger partial charge in [-0.2, -0.15) is 13.2 Å². The summed E-state index contributed by atoms with van der Waals surface area (Å²) in [7, 11) is 0. The van der Waals surface area contributed by atoms with E-state index in [-0.39, 0.29) is 6.54 Å². The van der Waals surface area contributed by atoms with Crippen molar-refractivity contribution in [3.8, 4) is 0 Å². The van der Waals surface area contributed by atoms with Crippen LogP contribution in [0, 0.1) is 0 Å². The first-order chi connectivity index (χ1) is 9.25. The Balaban J connectivity index is 2.67. The molecule has 0 saturated heterocycles. The number of carbonyl (C=O) groups is 1. The quantitative estimate of drug-likeness (QED) is 0.908. The van der Waals surface area contributed by atoms with E-state index < -0.39 is 23.8 Å². The van der Waals surface area contributed by atoms with Gasteiger partial charge in [0.15, 0.2) is 6.04 Å². The van der Waals surface area contributed by atoms with E-state index in [4.69, 9.17) is 16.7 Å². The van der Waals surface area contributed by atoms with Crippen LogP contribution in [0.5, 0.6) is 0 Å². The minimum absolute atomic E-state index is 0.0312. The Bertz CT molecular complexity index is 583. The Labute approximate surface area is 118 Å². The highest BCUT2D eigenvalue weighted by atomic mass is 35.5. The molecular formula is C13H11ClF3NO2. The Hall–Kier alpha value is -1.69. The smallest absolute Gasteiger partial charge is 0.413 e. The summed E-state index contributed by atoms with van der Waals surface area (Å²) in [4.78, 5) is 12.2. The van der Waals surface area contributed by atoms with Gasteiger partial charge in [-0.05, 0) is 36.8 Å². The highest BCUT2D eigenvalue weighted by molar-refractivity contribution is 6.30. The fraction of sp³-hybridized carbons (Fsp3) is 0.308. The zero-order chi connectivity index (χ0) is 15.1. The Morgan fingerprint density at radius 2 is 2.10 bits per heavy atom. The number of halogens is 4. The van der Waals surface area contributed by atoms with Crippen LogP contribution in [-0.4, -0.2) is 29.8 Å². The summed E-state index contributed by atoms with van der Waals surface area (Å²) in [5.74, 6) is -1.59. The summed E-state index contributed by atoms with van der Waals surface area (Å²) in [5, 5.41) is 9.39. The Morgan fingerprint density at radius 3 is 2.60 bits per heavy atom. The van der Waals surface area contributed by atoms with Crippen molar-refractivity contribution in [2.45, 2.75) is 19.1 Å². The fourth-order valence-electron chi connectivity index (χ4n) is 2.34. The van der Waals surface area contributed by atoms with Gasteiger partial charge in [0.25, 0.3) is 0 Å². The van der Waals surface area contributed by atoms with Gasteiger partial charge in [0.1, 0.15) is 0 Å². The molecular weight excluding hydrogens is 295 g/mol. The van der Waals surface area contributed by atoms with E-state index in [0.717, 1.165) is 11.0 Å². The van der Waals surface area contributed by atoms with Crippen molar-refractivity contribution < 1.29 is 23.1 Å². The summed E-state index contributed by atoms with van der Waals surface area (Å²) >= 11 is 5.80. The molecule has 0 aliphatic carbocycles. The van der Waals surface area contributed by atoms with Gasteiger partial charge >= 0.3 is 12.1 Å². The molecule has 2 rings (SSSR count). The standard InChI is InChI=1S/C13H11ClF3NO2/c1-2-18-10-4-3-8(14)5-7(10)6-9(12(19)20)11(18)13(15,16)17/h3-6,11H,2H2,1H3,(H,19,20)/t11-/m0/s1. The highest BCUT2D eigenvalue weighted by Crippen LogP contribution is 2.40. The zero-order valence-electron chi connectivity index (χ0n) is 10.4. The molecule has 0 fully saturated rings. The number of alkyl halides is 3. The topological polar surface area (TPSA) is 40.5 Å². The maximum atomic E-state index is 13.2. The number of carboxylic acids is 1. The van der Waals surface area contributed by atoms with Crippen LogP contribution in [0.1, 0.15) is 12.5 Å². The molecule has 108 valence electrons. The van der Waals surface area contributed by atoms with E-state index in [1.54, 1.807) is 6.92 Å². The molecule has 3 nitrogen and oxygen atoms in total. The van der Waals surface area contributed by atoms with Gasteiger partial charge in [0, 0.05) is 17.3 Å². The van der Waals surface area contributed by atoms with Crippen LogP contribution >= 0.6 is 11.6 Å². The molecule has 1 aromatic rings. The second kappa shape index (κ2) is 5.01. The van der Waals surface area contributed by atoms with Gasteiger partial charge in [-0.1, -0.05) is 11.6 Å². The second-order valence-electron chi connectivity index (χ2n) is 4.34. The number of hydrogen-bond acceptors (Lipinski definition) is 2. The minimum Gasteiger partial charge on any atom is -0.478 e. The molecule has 0 aromatic heterocycles. The number of aliphatic carboxylic acids is 1. The number of carboxylic acid groups (broad SMARTS) is 1. The van der Waals surface area contributed by atoms with Crippen LogP contribution in [0.3, 0.4) is 0 Å². The summed E-state index contributed by atoms with van der Waals surface area (Å²) in [5.41, 5.74) is -0.00408. The van der Waals surface area contributed by atoms with Gasteiger partial charge in [-0.3, -0.25) is 0 Å². The molecule has 1 aromatic carbocycles. The third-order valence-corrected chi connectivity index (χ3v) is 3.35. The number of rotatable bonds is 2. The van der Waals surface area contributed by atoms with Gasteiger partial charge in [0.05, 0.1) is 5.57 Å². The third kappa shape index (κ3) is 2.47. The maximum Gasteiger partial charge on any atom is 0.413 e. The first-order valence-electron chi connectivity index (χ1n) is 5.83. The monoisotopic (exact) mass is 305 g/mol. The van der Waals surface area contributed by atoms with Crippen molar-refractivity contribution in [3.63, 3.8) is 0 Å². The van der Waals surface area contributed by atoms with E-state index >= 15 is 0 Å².